The zero-order chi connectivity index (χ0) is 15.5. The van der Waals surface area contributed by atoms with Gasteiger partial charge in [0, 0.05) is 19.2 Å². The molecule has 1 aromatic heterocycles. The van der Waals surface area contributed by atoms with Gasteiger partial charge in [0.05, 0.1) is 23.7 Å². The minimum Gasteiger partial charge on any atom is -0.325 e. The fraction of sp³-hybridized carbons (Fsp3) is 0.375. The Balaban J connectivity index is 1.56. The van der Waals surface area contributed by atoms with Crippen LogP contribution in [-0.4, -0.2) is 34.2 Å². The monoisotopic (exact) mass is 299 g/mol. The van der Waals surface area contributed by atoms with Gasteiger partial charge < -0.3 is 5.32 Å². The molecule has 0 saturated carbocycles. The first kappa shape index (κ1) is 14.4. The number of nitrogens with one attached hydrogen (secondary N) is 1. The molecule has 0 aromatic carbocycles. The number of hydrogen-bond acceptors (Lipinski definition) is 4. The third-order valence-electron chi connectivity index (χ3n) is 4.11. The van der Waals surface area contributed by atoms with Gasteiger partial charge in [0.2, 0.25) is 17.7 Å². The average molecular weight is 299 g/mol. The Kier molecular flexibility index (Phi) is 4.00. The molecule has 1 N–H and O–H groups in total. The summed E-state index contributed by atoms with van der Waals surface area (Å²) < 4.78 is 0. The van der Waals surface area contributed by atoms with Gasteiger partial charge in [0.25, 0.3) is 0 Å². The van der Waals surface area contributed by atoms with Crippen LogP contribution >= 0.6 is 0 Å². The summed E-state index contributed by atoms with van der Waals surface area (Å²) in [4.78, 5) is 41.5. The van der Waals surface area contributed by atoms with Gasteiger partial charge in [0.1, 0.15) is 0 Å². The van der Waals surface area contributed by atoms with Crippen molar-refractivity contribution in [3.05, 3.63) is 36.7 Å². The van der Waals surface area contributed by atoms with Crippen molar-refractivity contribution in [3.63, 3.8) is 0 Å². The van der Waals surface area contributed by atoms with Crippen LogP contribution in [0.4, 0.5) is 5.69 Å². The number of fused-ring (bicyclic) bond motifs is 1. The minimum atomic E-state index is -0.237. The molecule has 0 bridgehead atoms. The normalized spacial score (nSPS) is 23.5. The maximum Gasteiger partial charge on any atom is 0.233 e. The van der Waals surface area contributed by atoms with Gasteiger partial charge in [-0.15, -0.1) is 0 Å². The van der Waals surface area contributed by atoms with Crippen molar-refractivity contribution < 1.29 is 14.4 Å². The number of imide groups is 1. The molecule has 1 aliphatic heterocycles. The van der Waals surface area contributed by atoms with Crippen LogP contribution in [0.1, 0.15) is 19.3 Å². The van der Waals surface area contributed by atoms with Gasteiger partial charge in [-0.25, -0.2) is 0 Å². The second kappa shape index (κ2) is 6.09. The number of hydrogen-bond donors (Lipinski definition) is 1. The SMILES string of the molecule is O=C(CCN1C(=O)[C@H]2CC=CC[C@@H]2C1=O)Nc1cccnc1. The van der Waals surface area contributed by atoms with Crippen molar-refractivity contribution >= 4 is 23.4 Å². The van der Waals surface area contributed by atoms with Crippen LogP contribution in [0, 0.1) is 11.8 Å². The zero-order valence-electron chi connectivity index (χ0n) is 12.1. The summed E-state index contributed by atoms with van der Waals surface area (Å²) in [7, 11) is 0. The topological polar surface area (TPSA) is 79.4 Å². The summed E-state index contributed by atoms with van der Waals surface area (Å²) in [6.07, 6.45) is 8.40. The third kappa shape index (κ3) is 2.77. The molecule has 6 heteroatoms. The van der Waals surface area contributed by atoms with Crippen molar-refractivity contribution in [3.8, 4) is 0 Å². The minimum absolute atomic E-state index is 0.0965. The highest BCUT2D eigenvalue weighted by Crippen LogP contribution is 2.34. The second-order valence-corrected chi connectivity index (χ2v) is 5.52. The van der Waals surface area contributed by atoms with E-state index in [1.54, 1.807) is 24.5 Å². The van der Waals surface area contributed by atoms with Crippen LogP contribution in [-0.2, 0) is 14.4 Å². The molecule has 2 aliphatic rings. The van der Waals surface area contributed by atoms with Crippen LogP contribution in [0.2, 0.25) is 0 Å². The van der Waals surface area contributed by atoms with E-state index in [1.807, 2.05) is 12.2 Å². The van der Waals surface area contributed by atoms with E-state index in [0.717, 1.165) is 0 Å². The molecule has 0 radical (unpaired) electrons. The van der Waals surface area contributed by atoms with E-state index < -0.39 is 0 Å². The number of aromatic nitrogens is 1. The first-order valence-electron chi connectivity index (χ1n) is 7.37. The fourth-order valence-electron chi connectivity index (χ4n) is 2.96. The largest absolute Gasteiger partial charge is 0.325 e. The number of nitrogens with zero attached hydrogens (tertiary/aromatic N) is 2. The number of carbonyl (C=O) groups is 3. The van der Waals surface area contributed by atoms with Crippen molar-refractivity contribution in [2.24, 2.45) is 11.8 Å². The fourth-order valence-corrected chi connectivity index (χ4v) is 2.96. The van der Waals surface area contributed by atoms with Crippen molar-refractivity contribution in [1.29, 1.82) is 0 Å². The number of anilines is 1. The lowest BCUT2D eigenvalue weighted by Crippen LogP contribution is -2.34. The van der Waals surface area contributed by atoms with E-state index in [1.165, 1.54) is 4.90 Å². The maximum atomic E-state index is 12.3. The smallest absolute Gasteiger partial charge is 0.233 e. The van der Waals surface area contributed by atoms with Crippen molar-refractivity contribution in [1.82, 2.24) is 9.88 Å². The molecule has 3 amide bonds. The van der Waals surface area contributed by atoms with E-state index in [-0.39, 0.29) is 42.5 Å². The standard InChI is InChI=1S/C16H17N3O3/c20-14(18-11-4-3-8-17-10-11)7-9-19-15(21)12-5-1-2-6-13(12)16(19)22/h1-4,8,10,12-13H,5-7,9H2,(H,18,20)/t12-,13-/m0/s1. The molecular formula is C16H17N3O3. The molecule has 114 valence electrons. The lowest BCUT2D eigenvalue weighted by Gasteiger charge is -2.14. The number of rotatable bonds is 4. The van der Waals surface area contributed by atoms with Gasteiger partial charge in [-0.05, 0) is 25.0 Å². The molecule has 0 unspecified atom stereocenters. The first-order chi connectivity index (χ1) is 10.7. The van der Waals surface area contributed by atoms with Crippen LogP contribution < -0.4 is 5.32 Å². The van der Waals surface area contributed by atoms with Gasteiger partial charge in [-0.2, -0.15) is 0 Å². The molecule has 22 heavy (non-hydrogen) atoms. The van der Waals surface area contributed by atoms with E-state index in [2.05, 4.69) is 10.3 Å². The molecule has 2 atom stereocenters. The molecular weight excluding hydrogens is 282 g/mol. The number of likely N-dealkylation sites (tertiary alicyclic amines) is 1. The van der Waals surface area contributed by atoms with E-state index >= 15 is 0 Å². The summed E-state index contributed by atoms with van der Waals surface area (Å²) in [5.74, 6) is -0.999. The summed E-state index contributed by atoms with van der Waals surface area (Å²) in [5, 5.41) is 2.70. The Morgan fingerprint density at radius 3 is 2.50 bits per heavy atom. The molecule has 6 nitrogen and oxygen atoms in total. The van der Waals surface area contributed by atoms with E-state index in [4.69, 9.17) is 0 Å². The van der Waals surface area contributed by atoms with Gasteiger partial charge >= 0.3 is 0 Å². The van der Waals surface area contributed by atoms with Gasteiger partial charge in [-0.3, -0.25) is 24.3 Å². The molecule has 3 rings (SSSR count). The van der Waals surface area contributed by atoms with Crippen LogP contribution in [0.15, 0.2) is 36.7 Å². The Hall–Kier alpha value is -2.50. The number of pyridine rings is 1. The van der Waals surface area contributed by atoms with Gasteiger partial charge in [0.15, 0.2) is 0 Å². The molecule has 1 saturated heterocycles. The van der Waals surface area contributed by atoms with E-state index in [0.29, 0.717) is 18.5 Å². The molecule has 1 aromatic rings. The lowest BCUT2D eigenvalue weighted by atomic mass is 9.85. The van der Waals surface area contributed by atoms with Crippen LogP contribution in [0.25, 0.3) is 0 Å². The Morgan fingerprint density at radius 2 is 1.91 bits per heavy atom. The number of carbonyl (C=O) groups excluding carboxylic acids is 3. The third-order valence-corrected chi connectivity index (χ3v) is 4.11. The molecule has 0 spiro atoms. The Labute approximate surface area is 128 Å². The summed E-state index contributed by atoms with van der Waals surface area (Å²) >= 11 is 0. The highest BCUT2D eigenvalue weighted by molar-refractivity contribution is 6.05. The summed E-state index contributed by atoms with van der Waals surface area (Å²) in [5.41, 5.74) is 0.601. The van der Waals surface area contributed by atoms with Crippen LogP contribution in [0.3, 0.4) is 0 Å². The maximum absolute atomic E-state index is 12.3. The van der Waals surface area contributed by atoms with E-state index in [9.17, 15) is 14.4 Å². The Bertz CT molecular complexity index is 601. The Morgan fingerprint density at radius 1 is 1.23 bits per heavy atom. The predicted molar refractivity (Wildman–Crippen MR) is 79.6 cm³/mol. The average Bonchev–Trinajstić information content (AvgIpc) is 2.78. The van der Waals surface area contributed by atoms with Crippen LogP contribution in [0.5, 0.6) is 0 Å². The second-order valence-electron chi connectivity index (χ2n) is 5.52. The summed E-state index contributed by atoms with van der Waals surface area (Å²) in [6.45, 7) is 0.136. The number of amides is 3. The number of allylic oxidation sites excluding steroid dienone is 2. The predicted octanol–water partition coefficient (Wildman–Crippen LogP) is 1.36. The van der Waals surface area contributed by atoms with Crippen molar-refractivity contribution in [2.75, 3.05) is 11.9 Å². The quantitative estimate of drug-likeness (QED) is 0.672. The zero-order valence-corrected chi connectivity index (χ0v) is 12.1. The van der Waals surface area contributed by atoms with Gasteiger partial charge in [-0.1, -0.05) is 12.2 Å². The first-order valence-corrected chi connectivity index (χ1v) is 7.37. The molecule has 1 fully saturated rings. The molecule has 2 heterocycles. The highest BCUT2D eigenvalue weighted by Gasteiger charge is 2.46. The summed E-state index contributed by atoms with van der Waals surface area (Å²) in [6, 6.07) is 3.46. The highest BCUT2D eigenvalue weighted by atomic mass is 16.2. The lowest BCUT2D eigenvalue weighted by molar-refractivity contribution is -0.140. The van der Waals surface area contributed by atoms with Crippen molar-refractivity contribution in [2.45, 2.75) is 19.3 Å². The molecule has 1 aliphatic carbocycles.